The molecule has 2 aromatic rings. The number of hydrogen-bond donors (Lipinski definition) is 2. The molecule has 0 saturated heterocycles. The zero-order valence-electron chi connectivity index (χ0n) is 8.04. The number of aliphatic hydroxyl groups excluding tert-OH is 1. The minimum absolute atomic E-state index is 0.0676. The van der Waals surface area contributed by atoms with Gasteiger partial charge in [-0.1, -0.05) is 0 Å². The lowest BCUT2D eigenvalue weighted by Gasteiger charge is -2.03. The number of aromatic amines is 1. The van der Waals surface area contributed by atoms with E-state index in [1.807, 2.05) is 0 Å². The predicted molar refractivity (Wildman–Crippen MR) is 53.0 cm³/mol. The molecule has 0 aromatic carbocycles. The molecule has 2 heterocycles. The molecule has 4 nitrogen and oxygen atoms in total. The number of aryl methyl sites for hydroxylation is 1. The summed E-state index contributed by atoms with van der Waals surface area (Å²) < 4.78 is 13.6. The Labute approximate surface area is 84.4 Å². The van der Waals surface area contributed by atoms with Gasteiger partial charge in [-0.25, -0.2) is 4.39 Å². The summed E-state index contributed by atoms with van der Waals surface area (Å²) in [7, 11) is 0. The standard InChI is InChI=1S/C10H9FN2O2/c1-5-2-6-3-12-7(4-14)8(11)9(6)13-10(5)15/h2-3,14H,4H2,1H3,(H,13,15). The van der Waals surface area contributed by atoms with Gasteiger partial charge in [0.2, 0.25) is 0 Å². The molecule has 0 atom stereocenters. The summed E-state index contributed by atoms with van der Waals surface area (Å²) in [6.07, 6.45) is 1.42. The summed E-state index contributed by atoms with van der Waals surface area (Å²) in [5, 5.41) is 9.32. The molecule has 0 aliphatic rings. The van der Waals surface area contributed by atoms with Crippen LogP contribution in [0.1, 0.15) is 11.3 Å². The maximum absolute atomic E-state index is 13.6. The number of aromatic nitrogens is 2. The number of hydrogen-bond acceptors (Lipinski definition) is 3. The van der Waals surface area contributed by atoms with Gasteiger partial charge in [-0.15, -0.1) is 0 Å². The van der Waals surface area contributed by atoms with Crippen LogP contribution in [0.3, 0.4) is 0 Å². The minimum Gasteiger partial charge on any atom is -0.390 e. The Morgan fingerprint density at radius 1 is 1.60 bits per heavy atom. The number of H-pyrrole nitrogens is 1. The Morgan fingerprint density at radius 2 is 2.33 bits per heavy atom. The first-order valence-corrected chi connectivity index (χ1v) is 4.41. The molecule has 0 aliphatic heterocycles. The minimum atomic E-state index is -0.674. The van der Waals surface area contributed by atoms with Gasteiger partial charge in [-0.3, -0.25) is 9.78 Å². The van der Waals surface area contributed by atoms with E-state index in [2.05, 4.69) is 9.97 Å². The van der Waals surface area contributed by atoms with Crippen molar-refractivity contribution in [2.45, 2.75) is 13.5 Å². The van der Waals surface area contributed by atoms with Gasteiger partial charge in [0, 0.05) is 17.1 Å². The third-order valence-electron chi connectivity index (χ3n) is 2.24. The van der Waals surface area contributed by atoms with E-state index in [4.69, 9.17) is 5.11 Å². The van der Waals surface area contributed by atoms with Crippen molar-refractivity contribution < 1.29 is 9.50 Å². The third kappa shape index (κ3) is 1.50. The van der Waals surface area contributed by atoms with E-state index >= 15 is 0 Å². The van der Waals surface area contributed by atoms with Crippen LogP contribution >= 0.6 is 0 Å². The summed E-state index contributed by atoms with van der Waals surface area (Å²) in [6, 6.07) is 1.56. The first kappa shape index (κ1) is 9.79. The van der Waals surface area contributed by atoms with Crippen LogP contribution in [0.5, 0.6) is 0 Å². The summed E-state index contributed by atoms with van der Waals surface area (Å²) >= 11 is 0. The van der Waals surface area contributed by atoms with Gasteiger partial charge in [-0.05, 0) is 13.0 Å². The second kappa shape index (κ2) is 3.43. The summed E-state index contributed by atoms with van der Waals surface area (Å²) in [6.45, 7) is 1.15. The fraction of sp³-hybridized carbons (Fsp3) is 0.200. The van der Waals surface area contributed by atoms with Crippen LogP contribution in [0.4, 0.5) is 4.39 Å². The quantitative estimate of drug-likeness (QED) is 0.730. The van der Waals surface area contributed by atoms with E-state index in [9.17, 15) is 9.18 Å². The Kier molecular flexibility index (Phi) is 2.24. The smallest absolute Gasteiger partial charge is 0.251 e. The number of fused-ring (bicyclic) bond motifs is 1. The van der Waals surface area contributed by atoms with Crippen LogP contribution in [0.15, 0.2) is 17.1 Å². The third-order valence-corrected chi connectivity index (χ3v) is 2.24. The summed E-state index contributed by atoms with van der Waals surface area (Å²) in [5.41, 5.74) is 0.184. The number of rotatable bonds is 1. The highest BCUT2D eigenvalue weighted by molar-refractivity contribution is 5.78. The number of aliphatic hydroxyl groups is 1. The number of nitrogens with one attached hydrogen (secondary N) is 1. The monoisotopic (exact) mass is 208 g/mol. The highest BCUT2D eigenvalue weighted by Crippen LogP contribution is 2.16. The normalized spacial score (nSPS) is 10.9. The van der Waals surface area contributed by atoms with Crippen molar-refractivity contribution in [1.29, 1.82) is 0 Å². The second-order valence-electron chi connectivity index (χ2n) is 3.29. The first-order chi connectivity index (χ1) is 7.13. The fourth-order valence-corrected chi connectivity index (χ4v) is 1.40. The fourth-order valence-electron chi connectivity index (χ4n) is 1.40. The van der Waals surface area contributed by atoms with Crippen LogP contribution < -0.4 is 5.56 Å². The molecule has 78 valence electrons. The van der Waals surface area contributed by atoms with E-state index in [1.165, 1.54) is 6.20 Å². The number of pyridine rings is 2. The molecule has 0 unspecified atom stereocenters. The van der Waals surface area contributed by atoms with Gasteiger partial charge in [0.25, 0.3) is 5.56 Å². The summed E-state index contributed by atoms with van der Waals surface area (Å²) in [4.78, 5) is 17.4. The van der Waals surface area contributed by atoms with Gasteiger partial charge < -0.3 is 10.1 Å². The van der Waals surface area contributed by atoms with Gasteiger partial charge >= 0.3 is 0 Å². The van der Waals surface area contributed by atoms with Crippen molar-refractivity contribution in [2.75, 3.05) is 0 Å². The van der Waals surface area contributed by atoms with Crippen molar-refractivity contribution in [1.82, 2.24) is 9.97 Å². The van der Waals surface area contributed by atoms with Crippen LogP contribution in [0, 0.1) is 12.7 Å². The van der Waals surface area contributed by atoms with Crippen molar-refractivity contribution in [2.24, 2.45) is 0 Å². The van der Waals surface area contributed by atoms with E-state index in [0.717, 1.165) is 0 Å². The topological polar surface area (TPSA) is 66.0 Å². The second-order valence-corrected chi connectivity index (χ2v) is 3.29. The first-order valence-electron chi connectivity index (χ1n) is 4.41. The molecular formula is C10H9FN2O2. The van der Waals surface area contributed by atoms with Gasteiger partial charge in [0.15, 0.2) is 5.82 Å². The molecule has 0 spiro atoms. The Hall–Kier alpha value is -1.75. The van der Waals surface area contributed by atoms with Gasteiger partial charge in [0.05, 0.1) is 12.1 Å². The summed E-state index contributed by atoms with van der Waals surface area (Å²) in [5.74, 6) is -0.674. The van der Waals surface area contributed by atoms with Gasteiger partial charge in [0.1, 0.15) is 5.69 Å². The van der Waals surface area contributed by atoms with Crippen LogP contribution in [0.2, 0.25) is 0 Å². The Bertz CT molecular complexity index is 577. The van der Waals surface area contributed by atoms with Crippen molar-refractivity contribution in [3.8, 4) is 0 Å². The molecule has 15 heavy (non-hydrogen) atoms. The molecule has 0 amide bonds. The average Bonchev–Trinajstić information content (AvgIpc) is 2.22. The van der Waals surface area contributed by atoms with Crippen molar-refractivity contribution in [3.63, 3.8) is 0 Å². The zero-order valence-corrected chi connectivity index (χ0v) is 8.04. The van der Waals surface area contributed by atoms with Crippen LogP contribution in [-0.4, -0.2) is 15.1 Å². The van der Waals surface area contributed by atoms with E-state index in [-0.39, 0.29) is 16.8 Å². The molecule has 2 N–H and O–H groups in total. The molecule has 5 heteroatoms. The highest BCUT2D eigenvalue weighted by Gasteiger charge is 2.09. The lowest BCUT2D eigenvalue weighted by atomic mass is 10.2. The molecule has 0 fully saturated rings. The Balaban J connectivity index is 2.87. The molecule has 2 rings (SSSR count). The molecule has 0 bridgehead atoms. The van der Waals surface area contributed by atoms with Crippen molar-refractivity contribution in [3.05, 3.63) is 39.7 Å². The molecular weight excluding hydrogens is 199 g/mol. The van der Waals surface area contributed by atoms with Crippen LogP contribution in [-0.2, 0) is 6.61 Å². The van der Waals surface area contributed by atoms with E-state index in [1.54, 1.807) is 13.0 Å². The van der Waals surface area contributed by atoms with E-state index < -0.39 is 12.4 Å². The van der Waals surface area contributed by atoms with Crippen LogP contribution in [0.25, 0.3) is 10.9 Å². The largest absolute Gasteiger partial charge is 0.390 e. The lowest BCUT2D eigenvalue weighted by Crippen LogP contribution is -2.10. The average molecular weight is 208 g/mol. The van der Waals surface area contributed by atoms with Gasteiger partial charge in [-0.2, -0.15) is 0 Å². The van der Waals surface area contributed by atoms with E-state index in [0.29, 0.717) is 10.9 Å². The molecule has 0 aliphatic carbocycles. The maximum Gasteiger partial charge on any atom is 0.251 e. The number of halogens is 1. The lowest BCUT2D eigenvalue weighted by molar-refractivity contribution is 0.270. The molecule has 2 aromatic heterocycles. The Morgan fingerprint density at radius 3 is 3.00 bits per heavy atom. The predicted octanol–water partition coefficient (Wildman–Crippen LogP) is 0.863. The van der Waals surface area contributed by atoms with Crippen molar-refractivity contribution >= 4 is 10.9 Å². The zero-order chi connectivity index (χ0) is 11.0. The molecule has 0 saturated carbocycles. The maximum atomic E-state index is 13.6. The number of nitrogens with zero attached hydrogens (tertiary/aromatic N) is 1. The SMILES string of the molecule is Cc1cc2cnc(CO)c(F)c2[nH]c1=O. The highest BCUT2D eigenvalue weighted by atomic mass is 19.1. The molecule has 0 radical (unpaired) electrons.